The van der Waals surface area contributed by atoms with Crippen molar-refractivity contribution in [3.63, 3.8) is 0 Å². The monoisotopic (exact) mass is 219 g/mol. The lowest BCUT2D eigenvalue weighted by Crippen LogP contribution is -2.10. The largest absolute Gasteiger partial charge is 0.478 e. The van der Waals surface area contributed by atoms with Gasteiger partial charge in [0.15, 0.2) is 0 Å². The molecule has 0 spiro atoms. The highest BCUT2D eigenvalue weighted by Gasteiger charge is 2.04. The second-order valence-corrected chi connectivity index (χ2v) is 4.06. The Morgan fingerprint density at radius 1 is 1.38 bits per heavy atom. The first-order chi connectivity index (χ1) is 7.41. The van der Waals surface area contributed by atoms with Gasteiger partial charge in [0.25, 0.3) is 0 Å². The van der Waals surface area contributed by atoms with Crippen molar-refractivity contribution >= 4 is 17.2 Å². The first-order valence-corrected chi connectivity index (χ1v) is 5.11. The molecule has 0 bridgehead atoms. The Morgan fingerprint density at radius 2 is 2.00 bits per heavy atom. The van der Waals surface area contributed by atoms with Crippen LogP contribution in [0.4, 0.5) is 5.69 Å². The van der Waals surface area contributed by atoms with Crippen LogP contribution in [0.15, 0.2) is 24.3 Å². The summed E-state index contributed by atoms with van der Waals surface area (Å²) >= 11 is 0. The number of hydrogen-bond acceptors (Lipinski definition) is 2. The molecule has 16 heavy (non-hydrogen) atoms. The molecule has 0 saturated heterocycles. The van der Waals surface area contributed by atoms with Crippen LogP contribution in [-0.2, 0) is 4.79 Å². The molecule has 0 heterocycles. The van der Waals surface area contributed by atoms with E-state index in [4.69, 9.17) is 5.11 Å². The Kier molecular flexibility index (Phi) is 3.72. The predicted molar refractivity (Wildman–Crippen MR) is 66.8 cm³/mol. The van der Waals surface area contributed by atoms with Crippen molar-refractivity contribution in [1.29, 1.82) is 0 Å². The van der Waals surface area contributed by atoms with Crippen LogP contribution in [0.5, 0.6) is 0 Å². The number of carboxylic acid groups (broad SMARTS) is 1. The second-order valence-electron chi connectivity index (χ2n) is 4.06. The number of aryl methyl sites for hydroxylation is 1. The van der Waals surface area contributed by atoms with Gasteiger partial charge in [0.2, 0.25) is 0 Å². The molecule has 0 radical (unpaired) electrons. The predicted octanol–water partition coefficient (Wildman–Crippen LogP) is 2.55. The summed E-state index contributed by atoms with van der Waals surface area (Å²) in [7, 11) is 3.98. The van der Waals surface area contributed by atoms with Gasteiger partial charge >= 0.3 is 5.97 Å². The van der Waals surface area contributed by atoms with Crippen molar-refractivity contribution in [2.75, 3.05) is 19.0 Å². The zero-order valence-corrected chi connectivity index (χ0v) is 10.1. The van der Waals surface area contributed by atoms with Gasteiger partial charge in [-0.25, -0.2) is 4.79 Å². The summed E-state index contributed by atoms with van der Waals surface area (Å²) in [6.45, 7) is 3.82. The molecule has 0 aliphatic heterocycles. The lowest BCUT2D eigenvalue weighted by Gasteiger charge is -2.16. The highest BCUT2D eigenvalue weighted by atomic mass is 16.4. The molecule has 3 nitrogen and oxygen atoms in total. The Balaban J connectivity index is 3.11. The van der Waals surface area contributed by atoms with Gasteiger partial charge in [-0.2, -0.15) is 0 Å². The Hall–Kier alpha value is -1.77. The lowest BCUT2D eigenvalue weighted by atomic mass is 10.0. The van der Waals surface area contributed by atoms with Crippen LogP contribution >= 0.6 is 0 Å². The van der Waals surface area contributed by atoms with E-state index in [1.807, 2.05) is 44.1 Å². The van der Waals surface area contributed by atoms with E-state index in [-0.39, 0.29) is 0 Å². The zero-order chi connectivity index (χ0) is 12.3. The highest BCUT2D eigenvalue weighted by molar-refractivity contribution is 5.89. The van der Waals surface area contributed by atoms with E-state index >= 15 is 0 Å². The standard InChI is InChI=1S/C13H17NO2/c1-9(8-13(15)16)11-5-6-12(14(3)4)10(2)7-11/h5-8H,1-4H3,(H,15,16)/b9-8+. The molecular formula is C13H17NO2. The van der Waals surface area contributed by atoms with E-state index in [9.17, 15) is 4.79 Å². The minimum Gasteiger partial charge on any atom is -0.478 e. The van der Waals surface area contributed by atoms with Gasteiger partial charge in [0.05, 0.1) is 0 Å². The van der Waals surface area contributed by atoms with Gasteiger partial charge in [0.1, 0.15) is 0 Å². The van der Waals surface area contributed by atoms with E-state index in [1.165, 1.54) is 6.08 Å². The molecule has 0 amide bonds. The molecule has 0 aliphatic carbocycles. The van der Waals surface area contributed by atoms with E-state index in [0.717, 1.165) is 22.4 Å². The van der Waals surface area contributed by atoms with Crippen LogP contribution in [0, 0.1) is 6.92 Å². The summed E-state index contributed by atoms with van der Waals surface area (Å²) in [6.07, 6.45) is 1.23. The summed E-state index contributed by atoms with van der Waals surface area (Å²) in [6, 6.07) is 5.95. The molecular weight excluding hydrogens is 202 g/mol. The van der Waals surface area contributed by atoms with E-state index < -0.39 is 5.97 Å². The maximum absolute atomic E-state index is 10.6. The van der Waals surface area contributed by atoms with Crippen LogP contribution < -0.4 is 4.90 Å². The number of nitrogens with zero attached hydrogens (tertiary/aromatic N) is 1. The average molecular weight is 219 g/mol. The average Bonchev–Trinajstić information content (AvgIpc) is 2.15. The second kappa shape index (κ2) is 4.84. The Labute approximate surface area is 96.0 Å². The number of hydrogen-bond donors (Lipinski definition) is 1. The number of allylic oxidation sites excluding steroid dienone is 1. The topological polar surface area (TPSA) is 40.5 Å². The van der Waals surface area contributed by atoms with Crippen molar-refractivity contribution in [2.45, 2.75) is 13.8 Å². The van der Waals surface area contributed by atoms with Crippen LogP contribution in [0.25, 0.3) is 5.57 Å². The summed E-state index contributed by atoms with van der Waals surface area (Å²) in [5.74, 6) is -0.910. The van der Waals surface area contributed by atoms with Gasteiger partial charge in [-0.15, -0.1) is 0 Å². The molecule has 3 heteroatoms. The lowest BCUT2D eigenvalue weighted by molar-refractivity contribution is -0.131. The van der Waals surface area contributed by atoms with Crippen molar-refractivity contribution < 1.29 is 9.90 Å². The first kappa shape index (κ1) is 12.3. The smallest absolute Gasteiger partial charge is 0.328 e. The molecule has 1 aromatic rings. The molecule has 0 atom stereocenters. The fraction of sp³-hybridized carbons (Fsp3) is 0.308. The highest BCUT2D eigenvalue weighted by Crippen LogP contribution is 2.23. The third-order valence-electron chi connectivity index (χ3n) is 2.47. The van der Waals surface area contributed by atoms with Gasteiger partial charge in [-0.3, -0.25) is 0 Å². The van der Waals surface area contributed by atoms with E-state index in [0.29, 0.717) is 0 Å². The quantitative estimate of drug-likeness (QED) is 0.794. The third kappa shape index (κ3) is 2.86. The van der Waals surface area contributed by atoms with Crippen molar-refractivity contribution in [3.8, 4) is 0 Å². The number of anilines is 1. The fourth-order valence-electron chi connectivity index (χ4n) is 1.67. The van der Waals surface area contributed by atoms with Crippen molar-refractivity contribution in [1.82, 2.24) is 0 Å². The van der Waals surface area contributed by atoms with Crippen molar-refractivity contribution in [2.24, 2.45) is 0 Å². The molecule has 0 aliphatic rings. The normalized spacial score (nSPS) is 11.4. The molecule has 1 aromatic carbocycles. The molecule has 0 unspecified atom stereocenters. The number of carboxylic acids is 1. The minimum absolute atomic E-state index is 0.765. The molecule has 1 rings (SSSR count). The molecule has 1 N–H and O–H groups in total. The van der Waals surface area contributed by atoms with Crippen molar-refractivity contribution in [3.05, 3.63) is 35.4 Å². The van der Waals surface area contributed by atoms with Gasteiger partial charge < -0.3 is 10.0 Å². The van der Waals surface area contributed by atoms with E-state index in [2.05, 4.69) is 0 Å². The van der Waals surface area contributed by atoms with E-state index in [1.54, 1.807) is 6.92 Å². The Bertz CT molecular complexity index is 434. The van der Waals surface area contributed by atoms with Crippen LogP contribution in [0.2, 0.25) is 0 Å². The molecule has 0 fully saturated rings. The zero-order valence-electron chi connectivity index (χ0n) is 10.1. The maximum Gasteiger partial charge on any atom is 0.328 e. The maximum atomic E-state index is 10.6. The summed E-state index contributed by atoms with van der Waals surface area (Å²) in [5, 5.41) is 8.67. The number of aliphatic carboxylic acids is 1. The SMILES string of the molecule is C/C(=C\C(=O)O)c1ccc(N(C)C)c(C)c1. The summed E-state index contributed by atoms with van der Waals surface area (Å²) in [5.41, 5.74) is 4.00. The van der Waals surface area contributed by atoms with Gasteiger partial charge in [-0.1, -0.05) is 6.07 Å². The third-order valence-corrected chi connectivity index (χ3v) is 2.47. The molecule has 0 saturated carbocycles. The summed E-state index contributed by atoms with van der Waals surface area (Å²) in [4.78, 5) is 12.6. The van der Waals surface area contributed by atoms with Gasteiger partial charge in [-0.05, 0) is 42.7 Å². The van der Waals surface area contributed by atoms with Gasteiger partial charge in [0, 0.05) is 25.9 Å². The molecule has 86 valence electrons. The van der Waals surface area contributed by atoms with Crippen LogP contribution in [0.3, 0.4) is 0 Å². The fourth-order valence-corrected chi connectivity index (χ4v) is 1.67. The van der Waals surface area contributed by atoms with Crippen LogP contribution in [-0.4, -0.2) is 25.2 Å². The first-order valence-electron chi connectivity index (χ1n) is 5.11. The summed E-state index contributed by atoms with van der Waals surface area (Å²) < 4.78 is 0. The Morgan fingerprint density at radius 3 is 2.44 bits per heavy atom. The van der Waals surface area contributed by atoms with Crippen LogP contribution in [0.1, 0.15) is 18.1 Å². The molecule has 0 aromatic heterocycles. The number of rotatable bonds is 3. The number of benzene rings is 1. The minimum atomic E-state index is -0.910. The number of carbonyl (C=O) groups is 1.